The second-order valence-electron chi connectivity index (χ2n) is 7.42. The molecule has 27 heavy (non-hydrogen) atoms. The lowest BCUT2D eigenvalue weighted by molar-refractivity contribution is -0.176. The molecule has 1 aliphatic carbocycles. The summed E-state index contributed by atoms with van der Waals surface area (Å²) in [6, 6.07) is 6.19. The Morgan fingerprint density at radius 2 is 1.56 bits per heavy atom. The minimum absolute atomic E-state index is 0.161. The number of fused-ring (bicyclic) bond motifs is 1. The summed E-state index contributed by atoms with van der Waals surface area (Å²) >= 11 is 0. The molecule has 1 aliphatic heterocycles. The van der Waals surface area contributed by atoms with Crippen molar-refractivity contribution in [3.8, 4) is 0 Å². The van der Waals surface area contributed by atoms with E-state index < -0.39 is 35.0 Å². The molecular weight excluding hydrogens is 352 g/mol. The maximum atomic E-state index is 12.8. The summed E-state index contributed by atoms with van der Waals surface area (Å²) < 4.78 is 5.20. The third-order valence-electron chi connectivity index (χ3n) is 4.16. The van der Waals surface area contributed by atoms with Crippen molar-refractivity contribution in [3.05, 3.63) is 47.5 Å². The summed E-state index contributed by atoms with van der Waals surface area (Å²) in [6.45, 7) is 5.09. The SMILES string of the molecule is CC(C)(C)OC(=O)NC1(C(=O)ON2C(=O)c3ccccc3C2=O)CC=CC1. The molecule has 8 nitrogen and oxygen atoms in total. The number of imide groups is 1. The van der Waals surface area contributed by atoms with Gasteiger partial charge in [0.05, 0.1) is 11.1 Å². The van der Waals surface area contributed by atoms with Gasteiger partial charge in [-0.05, 0) is 45.7 Å². The van der Waals surface area contributed by atoms with Crippen LogP contribution in [0.3, 0.4) is 0 Å². The first-order valence-corrected chi connectivity index (χ1v) is 8.49. The zero-order valence-corrected chi connectivity index (χ0v) is 15.3. The largest absolute Gasteiger partial charge is 0.444 e. The molecule has 0 atom stereocenters. The number of ether oxygens (including phenoxy) is 1. The molecule has 8 heteroatoms. The van der Waals surface area contributed by atoms with Crippen molar-refractivity contribution in [2.45, 2.75) is 44.8 Å². The molecule has 0 saturated carbocycles. The number of carbonyl (C=O) groups excluding carboxylic acids is 4. The van der Waals surface area contributed by atoms with Crippen LogP contribution in [0.2, 0.25) is 0 Å². The molecule has 1 heterocycles. The Kier molecular flexibility index (Phi) is 4.51. The van der Waals surface area contributed by atoms with E-state index in [1.54, 1.807) is 45.1 Å². The number of hydroxylamine groups is 2. The molecule has 1 N–H and O–H groups in total. The molecule has 3 rings (SSSR count). The fourth-order valence-corrected chi connectivity index (χ4v) is 2.89. The zero-order chi connectivity index (χ0) is 19.8. The highest BCUT2D eigenvalue weighted by Gasteiger charge is 2.47. The van der Waals surface area contributed by atoms with Crippen LogP contribution < -0.4 is 5.32 Å². The van der Waals surface area contributed by atoms with Gasteiger partial charge < -0.3 is 14.9 Å². The molecule has 2 aliphatic rings. The van der Waals surface area contributed by atoms with E-state index in [-0.39, 0.29) is 24.0 Å². The van der Waals surface area contributed by atoms with E-state index in [2.05, 4.69) is 5.32 Å². The Morgan fingerprint density at radius 1 is 1.04 bits per heavy atom. The second-order valence-corrected chi connectivity index (χ2v) is 7.42. The number of carbonyl (C=O) groups is 4. The normalized spacial score (nSPS) is 17.7. The topological polar surface area (TPSA) is 102 Å². The lowest BCUT2D eigenvalue weighted by atomic mass is 9.97. The molecule has 0 unspecified atom stereocenters. The Morgan fingerprint density at radius 3 is 2.04 bits per heavy atom. The number of nitrogens with zero attached hydrogens (tertiary/aromatic N) is 1. The van der Waals surface area contributed by atoms with Crippen LogP contribution in [0.5, 0.6) is 0 Å². The minimum Gasteiger partial charge on any atom is -0.444 e. The first kappa shape index (κ1) is 18.6. The summed E-state index contributed by atoms with van der Waals surface area (Å²) in [5.41, 5.74) is -1.86. The van der Waals surface area contributed by atoms with E-state index in [9.17, 15) is 19.2 Å². The molecule has 0 spiro atoms. The Labute approximate surface area is 156 Å². The average Bonchev–Trinajstić information content (AvgIpc) is 3.14. The summed E-state index contributed by atoms with van der Waals surface area (Å²) in [7, 11) is 0. The third kappa shape index (κ3) is 3.55. The van der Waals surface area contributed by atoms with Gasteiger partial charge in [0, 0.05) is 0 Å². The van der Waals surface area contributed by atoms with Gasteiger partial charge in [0.2, 0.25) is 0 Å². The molecule has 0 fully saturated rings. The highest BCUT2D eigenvalue weighted by molar-refractivity contribution is 6.21. The smallest absolute Gasteiger partial charge is 0.408 e. The van der Waals surface area contributed by atoms with E-state index in [1.165, 1.54) is 12.1 Å². The van der Waals surface area contributed by atoms with Crippen molar-refractivity contribution in [3.63, 3.8) is 0 Å². The second kappa shape index (κ2) is 6.53. The lowest BCUT2D eigenvalue weighted by Gasteiger charge is -2.30. The van der Waals surface area contributed by atoms with Gasteiger partial charge in [0.15, 0.2) is 0 Å². The first-order chi connectivity index (χ1) is 12.6. The van der Waals surface area contributed by atoms with Crippen LogP contribution in [0.4, 0.5) is 4.79 Å². The quantitative estimate of drug-likeness (QED) is 0.645. The Bertz CT molecular complexity index is 809. The van der Waals surface area contributed by atoms with Crippen molar-refractivity contribution in [1.29, 1.82) is 0 Å². The van der Waals surface area contributed by atoms with Crippen LogP contribution in [0.25, 0.3) is 0 Å². The van der Waals surface area contributed by atoms with Crippen molar-refractivity contribution in [2.75, 3.05) is 0 Å². The summed E-state index contributed by atoms with van der Waals surface area (Å²) in [6.07, 6.45) is 2.95. The van der Waals surface area contributed by atoms with Crippen LogP contribution in [-0.2, 0) is 14.4 Å². The number of hydrogen-bond acceptors (Lipinski definition) is 6. The van der Waals surface area contributed by atoms with Crippen LogP contribution in [-0.4, -0.2) is 40.1 Å². The number of rotatable bonds is 3. The molecule has 0 radical (unpaired) electrons. The number of amides is 3. The van der Waals surface area contributed by atoms with Crippen LogP contribution in [0, 0.1) is 0 Å². The van der Waals surface area contributed by atoms with Crippen LogP contribution in [0.1, 0.15) is 54.3 Å². The van der Waals surface area contributed by atoms with Gasteiger partial charge in [-0.15, -0.1) is 0 Å². The van der Waals surface area contributed by atoms with Gasteiger partial charge in [0.25, 0.3) is 11.8 Å². The first-order valence-electron chi connectivity index (χ1n) is 8.49. The number of benzene rings is 1. The van der Waals surface area contributed by atoms with Crippen molar-refractivity contribution >= 4 is 23.9 Å². The molecule has 0 saturated heterocycles. The van der Waals surface area contributed by atoms with Crippen molar-refractivity contribution in [1.82, 2.24) is 10.4 Å². The fraction of sp³-hybridized carbons (Fsp3) is 0.368. The summed E-state index contributed by atoms with van der Waals surface area (Å²) in [5.74, 6) is -2.35. The van der Waals surface area contributed by atoms with E-state index >= 15 is 0 Å². The van der Waals surface area contributed by atoms with Crippen LogP contribution in [0.15, 0.2) is 36.4 Å². The number of hydrogen-bond donors (Lipinski definition) is 1. The number of nitrogens with one attached hydrogen (secondary N) is 1. The molecule has 142 valence electrons. The highest BCUT2D eigenvalue weighted by Crippen LogP contribution is 2.29. The predicted octanol–water partition coefficient (Wildman–Crippen LogP) is 2.35. The van der Waals surface area contributed by atoms with Gasteiger partial charge in [0.1, 0.15) is 11.1 Å². The Balaban J connectivity index is 1.76. The zero-order valence-electron chi connectivity index (χ0n) is 15.3. The molecule has 3 amide bonds. The number of alkyl carbamates (subject to hydrolysis) is 1. The van der Waals surface area contributed by atoms with Gasteiger partial charge in [-0.25, -0.2) is 9.59 Å². The molecule has 1 aromatic rings. The fourth-order valence-electron chi connectivity index (χ4n) is 2.89. The van der Waals surface area contributed by atoms with E-state index in [1.807, 2.05) is 0 Å². The van der Waals surface area contributed by atoms with E-state index in [0.717, 1.165) is 0 Å². The maximum Gasteiger partial charge on any atom is 0.408 e. The molecule has 0 aromatic heterocycles. The monoisotopic (exact) mass is 372 g/mol. The molecule has 1 aromatic carbocycles. The van der Waals surface area contributed by atoms with E-state index in [0.29, 0.717) is 5.06 Å². The Hall–Kier alpha value is -3.16. The van der Waals surface area contributed by atoms with Crippen molar-refractivity contribution < 1.29 is 28.8 Å². The minimum atomic E-state index is -1.43. The predicted molar refractivity (Wildman–Crippen MR) is 93.5 cm³/mol. The molecular formula is C19H20N2O6. The van der Waals surface area contributed by atoms with Crippen molar-refractivity contribution in [2.24, 2.45) is 0 Å². The summed E-state index contributed by atoms with van der Waals surface area (Å²) in [5, 5.41) is 2.96. The standard InChI is InChI=1S/C19H20N2O6/c1-18(2,3)26-17(25)20-19(10-6-7-11-19)16(24)27-21-14(22)12-8-4-5-9-13(12)15(21)23/h4-9H,10-11H2,1-3H3,(H,20,25). The van der Waals surface area contributed by atoms with Gasteiger partial charge >= 0.3 is 12.1 Å². The highest BCUT2D eigenvalue weighted by atomic mass is 16.7. The van der Waals surface area contributed by atoms with E-state index in [4.69, 9.17) is 9.57 Å². The average molecular weight is 372 g/mol. The molecule has 0 bridgehead atoms. The lowest BCUT2D eigenvalue weighted by Crippen LogP contribution is -2.56. The third-order valence-corrected chi connectivity index (χ3v) is 4.16. The van der Waals surface area contributed by atoms with Gasteiger partial charge in [-0.3, -0.25) is 9.59 Å². The van der Waals surface area contributed by atoms with Gasteiger partial charge in [-0.1, -0.05) is 29.3 Å². The summed E-state index contributed by atoms with van der Waals surface area (Å²) in [4.78, 5) is 54.8. The van der Waals surface area contributed by atoms with Crippen LogP contribution >= 0.6 is 0 Å². The maximum absolute atomic E-state index is 12.8. The van der Waals surface area contributed by atoms with Gasteiger partial charge in [-0.2, -0.15) is 0 Å².